The third kappa shape index (κ3) is 4.43. The number of amides is 1. The largest absolute Gasteiger partial charge is 0.338 e. The highest BCUT2D eigenvalue weighted by atomic mass is 32.2. The first-order valence-corrected chi connectivity index (χ1v) is 12.4. The van der Waals surface area contributed by atoms with Crippen molar-refractivity contribution < 1.29 is 17.6 Å². The van der Waals surface area contributed by atoms with E-state index in [1.807, 2.05) is 0 Å². The van der Waals surface area contributed by atoms with Gasteiger partial charge in [-0.2, -0.15) is 0 Å². The lowest BCUT2D eigenvalue weighted by Crippen LogP contribution is -2.39. The van der Waals surface area contributed by atoms with Crippen LogP contribution in [0.1, 0.15) is 34.1 Å². The van der Waals surface area contributed by atoms with Gasteiger partial charge < -0.3 is 4.90 Å². The second kappa shape index (κ2) is 9.05. The smallest absolute Gasteiger partial charge is 0.253 e. The molecule has 1 fully saturated rings. The predicted octanol–water partition coefficient (Wildman–Crippen LogP) is 3.61. The molecule has 0 radical (unpaired) electrons. The fraction of sp³-hybridized carbons (Fsp3) is 0.318. The molecule has 2 heterocycles. The Hall–Kier alpha value is -2.69. The first-order valence-electron chi connectivity index (χ1n) is 10.2. The van der Waals surface area contributed by atoms with Crippen molar-refractivity contribution >= 4 is 27.3 Å². The summed E-state index contributed by atoms with van der Waals surface area (Å²) in [5, 5.41) is 9.75. The SMILES string of the molecule is CN(C)S(=O)(=O)c1ccc(C(=O)N2CCC[C@@H](c3nnc(-c4ccccc4F)s3)C2)cc1. The fourth-order valence-corrected chi connectivity index (χ4v) is 5.57. The molecule has 10 heteroatoms. The van der Waals surface area contributed by atoms with Crippen molar-refractivity contribution in [3.63, 3.8) is 0 Å². The van der Waals surface area contributed by atoms with Crippen LogP contribution in [0.3, 0.4) is 0 Å². The maximum absolute atomic E-state index is 14.1. The van der Waals surface area contributed by atoms with Crippen LogP contribution < -0.4 is 0 Å². The molecule has 0 bridgehead atoms. The summed E-state index contributed by atoms with van der Waals surface area (Å²) in [6.45, 7) is 1.11. The number of hydrogen-bond donors (Lipinski definition) is 0. The van der Waals surface area contributed by atoms with Gasteiger partial charge in [0.15, 0.2) is 5.01 Å². The number of nitrogens with zero attached hydrogens (tertiary/aromatic N) is 4. The van der Waals surface area contributed by atoms with Crippen molar-refractivity contribution in [2.45, 2.75) is 23.7 Å². The van der Waals surface area contributed by atoms with E-state index in [2.05, 4.69) is 10.2 Å². The van der Waals surface area contributed by atoms with Crippen LogP contribution in [0.4, 0.5) is 4.39 Å². The average Bonchev–Trinajstić information content (AvgIpc) is 3.29. The van der Waals surface area contributed by atoms with Crippen LogP contribution >= 0.6 is 11.3 Å². The molecule has 168 valence electrons. The minimum atomic E-state index is -3.54. The zero-order valence-corrected chi connectivity index (χ0v) is 19.4. The lowest BCUT2D eigenvalue weighted by molar-refractivity contribution is 0.0706. The first kappa shape index (κ1) is 22.5. The van der Waals surface area contributed by atoms with E-state index in [-0.39, 0.29) is 22.5 Å². The summed E-state index contributed by atoms with van der Waals surface area (Å²) in [5.74, 6) is -0.461. The van der Waals surface area contributed by atoms with Gasteiger partial charge in [-0.1, -0.05) is 23.5 Å². The molecule has 32 heavy (non-hydrogen) atoms. The highest BCUT2D eigenvalue weighted by Crippen LogP contribution is 2.34. The van der Waals surface area contributed by atoms with Gasteiger partial charge in [0.25, 0.3) is 5.91 Å². The van der Waals surface area contributed by atoms with Gasteiger partial charge in [-0.15, -0.1) is 10.2 Å². The van der Waals surface area contributed by atoms with Crippen LogP contribution in [0.2, 0.25) is 0 Å². The van der Waals surface area contributed by atoms with Crippen molar-refractivity contribution in [3.05, 3.63) is 64.9 Å². The summed E-state index contributed by atoms with van der Waals surface area (Å²) in [7, 11) is -0.614. The molecule has 1 aliphatic heterocycles. The Morgan fingerprint density at radius 2 is 1.84 bits per heavy atom. The Kier molecular flexibility index (Phi) is 6.36. The third-order valence-corrected chi connectivity index (χ3v) is 8.43. The van der Waals surface area contributed by atoms with Gasteiger partial charge in [0, 0.05) is 44.2 Å². The van der Waals surface area contributed by atoms with Crippen molar-refractivity contribution in [3.8, 4) is 10.6 Å². The monoisotopic (exact) mass is 474 g/mol. The lowest BCUT2D eigenvalue weighted by Gasteiger charge is -2.31. The zero-order chi connectivity index (χ0) is 22.9. The van der Waals surface area contributed by atoms with Crippen LogP contribution in [0.25, 0.3) is 10.6 Å². The average molecular weight is 475 g/mol. The molecule has 0 spiro atoms. The molecule has 0 saturated carbocycles. The highest BCUT2D eigenvalue weighted by molar-refractivity contribution is 7.89. The van der Waals surface area contributed by atoms with Crippen molar-refractivity contribution in [1.29, 1.82) is 0 Å². The molecule has 2 aromatic carbocycles. The van der Waals surface area contributed by atoms with Gasteiger partial charge in [-0.25, -0.2) is 17.1 Å². The van der Waals surface area contributed by atoms with Gasteiger partial charge in [-0.05, 0) is 49.2 Å². The Morgan fingerprint density at radius 3 is 2.53 bits per heavy atom. The molecule has 1 atom stereocenters. The maximum Gasteiger partial charge on any atom is 0.253 e. The normalized spacial score (nSPS) is 17.0. The second-order valence-corrected chi connectivity index (χ2v) is 11.0. The number of hydrogen-bond acceptors (Lipinski definition) is 6. The molecule has 7 nitrogen and oxygen atoms in total. The van der Waals surface area contributed by atoms with Crippen LogP contribution in [0, 0.1) is 5.82 Å². The molecular weight excluding hydrogens is 451 g/mol. The summed E-state index contributed by atoms with van der Waals surface area (Å²) in [5.41, 5.74) is 0.862. The zero-order valence-electron chi connectivity index (χ0n) is 17.7. The van der Waals surface area contributed by atoms with E-state index >= 15 is 0 Å². The molecular formula is C22H23FN4O3S2. The number of rotatable bonds is 5. The molecule has 1 aliphatic rings. The van der Waals surface area contributed by atoms with E-state index in [1.165, 1.54) is 43.6 Å². The van der Waals surface area contributed by atoms with Gasteiger partial charge in [0.2, 0.25) is 10.0 Å². The van der Waals surface area contributed by atoms with E-state index in [0.29, 0.717) is 29.2 Å². The Balaban J connectivity index is 1.49. The molecule has 0 unspecified atom stereocenters. The molecule has 0 aliphatic carbocycles. The summed E-state index contributed by atoms with van der Waals surface area (Å²) in [6, 6.07) is 12.5. The third-order valence-electron chi connectivity index (χ3n) is 5.48. The second-order valence-electron chi connectivity index (χ2n) is 7.83. The van der Waals surface area contributed by atoms with E-state index in [9.17, 15) is 17.6 Å². The van der Waals surface area contributed by atoms with E-state index in [4.69, 9.17) is 0 Å². The molecule has 1 amide bonds. The number of carbonyl (C=O) groups is 1. The van der Waals surface area contributed by atoms with Crippen LogP contribution in [-0.2, 0) is 10.0 Å². The Morgan fingerprint density at radius 1 is 1.12 bits per heavy atom. The van der Waals surface area contributed by atoms with Gasteiger partial charge in [0.1, 0.15) is 10.8 Å². The molecule has 1 saturated heterocycles. The minimum Gasteiger partial charge on any atom is -0.338 e. The summed E-state index contributed by atoms with van der Waals surface area (Å²) in [6.07, 6.45) is 1.69. The Bertz CT molecular complexity index is 1230. The topological polar surface area (TPSA) is 83.5 Å². The number of halogens is 1. The summed E-state index contributed by atoms with van der Waals surface area (Å²) < 4.78 is 39.7. The quantitative estimate of drug-likeness (QED) is 0.564. The molecule has 3 aromatic rings. The van der Waals surface area contributed by atoms with Crippen LogP contribution in [-0.4, -0.2) is 60.9 Å². The molecule has 0 N–H and O–H groups in total. The van der Waals surface area contributed by atoms with Gasteiger partial charge in [0.05, 0.1) is 4.90 Å². The lowest BCUT2D eigenvalue weighted by atomic mass is 9.98. The number of likely N-dealkylation sites (tertiary alicyclic amines) is 1. The molecule has 1 aromatic heterocycles. The van der Waals surface area contributed by atoms with E-state index < -0.39 is 10.0 Å². The summed E-state index contributed by atoms with van der Waals surface area (Å²) in [4.78, 5) is 14.9. The standard InChI is InChI=1S/C22H23FN4O3S2/c1-26(2)32(29,30)17-11-9-15(10-12-17)22(28)27-13-5-6-16(14-27)20-24-25-21(31-20)18-7-3-4-8-19(18)23/h3-4,7-12,16H,5-6,13-14H2,1-2H3/t16-/m1/s1. The highest BCUT2D eigenvalue weighted by Gasteiger charge is 2.28. The maximum atomic E-state index is 14.1. The van der Waals surface area contributed by atoms with Crippen molar-refractivity contribution in [2.24, 2.45) is 0 Å². The summed E-state index contributed by atoms with van der Waals surface area (Å²) >= 11 is 1.35. The van der Waals surface area contributed by atoms with Crippen LogP contribution in [0.5, 0.6) is 0 Å². The number of sulfonamides is 1. The predicted molar refractivity (Wildman–Crippen MR) is 120 cm³/mol. The van der Waals surface area contributed by atoms with Crippen molar-refractivity contribution in [1.82, 2.24) is 19.4 Å². The number of benzene rings is 2. The first-order chi connectivity index (χ1) is 15.3. The van der Waals surface area contributed by atoms with Gasteiger partial charge in [-0.3, -0.25) is 4.79 Å². The minimum absolute atomic E-state index is 0.0270. The number of aromatic nitrogens is 2. The van der Waals surface area contributed by atoms with E-state index in [1.54, 1.807) is 35.2 Å². The Labute approximate surface area is 190 Å². The fourth-order valence-electron chi connectivity index (χ4n) is 3.67. The number of piperidine rings is 1. The molecule has 4 rings (SSSR count). The van der Waals surface area contributed by atoms with Crippen molar-refractivity contribution in [2.75, 3.05) is 27.2 Å². The van der Waals surface area contributed by atoms with E-state index in [0.717, 1.165) is 22.2 Å². The van der Waals surface area contributed by atoms with Crippen LogP contribution in [0.15, 0.2) is 53.4 Å². The van der Waals surface area contributed by atoms with Gasteiger partial charge >= 0.3 is 0 Å². The number of carbonyl (C=O) groups excluding carboxylic acids is 1.